The van der Waals surface area contributed by atoms with Crippen molar-refractivity contribution in [3.63, 3.8) is 0 Å². The van der Waals surface area contributed by atoms with E-state index in [-0.39, 0.29) is 17.2 Å². The molecule has 19 heavy (non-hydrogen) atoms. The van der Waals surface area contributed by atoms with Crippen molar-refractivity contribution in [3.8, 4) is 5.75 Å². The van der Waals surface area contributed by atoms with Crippen LogP contribution < -0.4 is 4.74 Å². The van der Waals surface area contributed by atoms with Crippen molar-refractivity contribution < 1.29 is 18.7 Å². The number of rotatable bonds is 4. The minimum Gasteiger partial charge on any atom is -0.477 e. The Hall–Kier alpha value is -1.91. The van der Waals surface area contributed by atoms with Gasteiger partial charge in [0, 0.05) is 13.1 Å². The molecule has 1 unspecified atom stereocenters. The van der Waals surface area contributed by atoms with Crippen LogP contribution in [0.25, 0.3) is 0 Å². The van der Waals surface area contributed by atoms with Gasteiger partial charge in [0.1, 0.15) is 0 Å². The summed E-state index contributed by atoms with van der Waals surface area (Å²) >= 11 is 0. The summed E-state index contributed by atoms with van der Waals surface area (Å²) < 4.78 is 19.0. The number of likely N-dealkylation sites (tertiary alicyclic amines) is 1. The molecular weight excluding hydrogens is 249 g/mol. The highest BCUT2D eigenvalue weighted by Crippen LogP contribution is 2.23. The maximum absolute atomic E-state index is 13.6. The van der Waals surface area contributed by atoms with Crippen LogP contribution in [0, 0.1) is 5.82 Å². The number of halogens is 1. The Kier molecular flexibility index (Phi) is 4.14. The number of amides is 1. The average molecular weight is 265 g/mol. The van der Waals surface area contributed by atoms with Gasteiger partial charge >= 0.3 is 0 Å². The lowest BCUT2D eigenvalue weighted by molar-refractivity contribution is -0.136. The molecule has 0 aliphatic carbocycles. The number of nitrogens with zero attached hydrogens (tertiary/aromatic N) is 1. The molecule has 0 saturated carbocycles. The van der Waals surface area contributed by atoms with E-state index in [1.807, 2.05) is 0 Å². The topological polar surface area (TPSA) is 46.6 Å². The summed E-state index contributed by atoms with van der Waals surface area (Å²) in [5.41, 5.74) is 0.112. The average Bonchev–Trinajstić information content (AvgIpc) is 2.94. The summed E-state index contributed by atoms with van der Waals surface area (Å²) in [6, 6.07) is 4.09. The zero-order valence-electron chi connectivity index (χ0n) is 10.8. The van der Waals surface area contributed by atoms with Crippen molar-refractivity contribution >= 4 is 12.2 Å². The Balaban J connectivity index is 2.12. The highest BCUT2D eigenvalue weighted by atomic mass is 19.1. The van der Waals surface area contributed by atoms with E-state index in [1.54, 1.807) is 11.8 Å². The highest BCUT2D eigenvalue weighted by molar-refractivity contribution is 5.82. The fourth-order valence-electron chi connectivity index (χ4n) is 2.16. The summed E-state index contributed by atoms with van der Waals surface area (Å²) in [7, 11) is 0. The van der Waals surface area contributed by atoms with Gasteiger partial charge in [0.15, 0.2) is 24.0 Å². The van der Waals surface area contributed by atoms with Crippen LogP contribution in [0.1, 0.15) is 30.1 Å². The number of carbonyl (C=O) groups excluding carboxylic acids is 2. The quantitative estimate of drug-likeness (QED) is 0.782. The number of benzene rings is 1. The number of carbonyl (C=O) groups is 2. The Morgan fingerprint density at radius 1 is 1.42 bits per heavy atom. The Morgan fingerprint density at radius 2 is 2.11 bits per heavy atom. The lowest BCUT2D eigenvalue weighted by Crippen LogP contribution is -2.38. The van der Waals surface area contributed by atoms with Crippen LogP contribution in [-0.2, 0) is 4.79 Å². The van der Waals surface area contributed by atoms with Gasteiger partial charge in [-0.1, -0.05) is 6.07 Å². The lowest BCUT2D eigenvalue weighted by atomic mass is 10.2. The van der Waals surface area contributed by atoms with Crippen molar-refractivity contribution in [1.82, 2.24) is 4.90 Å². The monoisotopic (exact) mass is 265 g/mol. The van der Waals surface area contributed by atoms with Crippen molar-refractivity contribution in [2.24, 2.45) is 0 Å². The normalized spacial score (nSPS) is 16.2. The minimum atomic E-state index is -0.798. The van der Waals surface area contributed by atoms with Crippen LogP contribution in [0.5, 0.6) is 5.75 Å². The number of hydrogen-bond donors (Lipinski definition) is 0. The predicted octanol–water partition coefficient (Wildman–Crippen LogP) is 2.03. The Labute approximate surface area is 111 Å². The van der Waals surface area contributed by atoms with E-state index < -0.39 is 11.9 Å². The molecule has 2 rings (SSSR count). The standard InChI is InChI=1S/C14H16FNO3/c1-10(14(18)16-7-2-3-8-16)19-13-11(9-17)5-4-6-12(13)15/h4-6,9-10H,2-3,7-8H2,1H3. The number of para-hydroxylation sites is 1. The zero-order chi connectivity index (χ0) is 13.8. The van der Waals surface area contributed by atoms with E-state index in [0.717, 1.165) is 12.8 Å². The lowest BCUT2D eigenvalue weighted by Gasteiger charge is -2.21. The molecule has 1 saturated heterocycles. The summed E-state index contributed by atoms with van der Waals surface area (Å²) in [5.74, 6) is -0.958. The van der Waals surface area contributed by atoms with Crippen LogP contribution in [0.15, 0.2) is 18.2 Å². The molecule has 1 fully saturated rings. The summed E-state index contributed by atoms with van der Waals surface area (Å²) in [4.78, 5) is 24.6. The maximum atomic E-state index is 13.6. The van der Waals surface area contributed by atoms with Crippen LogP contribution in [-0.4, -0.2) is 36.3 Å². The molecule has 1 aromatic rings. The molecule has 4 nitrogen and oxygen atoms in total. The summed E-state index contributed by atoms with van der Waals surface area (Å²) in [5, 5.41) is 0. The van der Waals surface area contributed by atoms with Gasteiger partial charge in [-0.05, 0) is 31.9 Å². The second-order valence-electron chi connectivity index (χ2n) is 4.57. The molecule has 1 aliphatic heterocycles. The van der Waals surface area contributed by atoms with Gasteiger partial charge in [0.2, 0.25) is 0 Å². The first-order chi connectivity index (χ1) is 9.13. The van der Waals surface area contributed by atoms with Gasteiger partial charge < -0.3 is 9.64 Å². The predicted molar refractivity (Wildman–Crippen MR) is 67.7 cm³/mol. The summed E-state index contributed by atoms with van der Waals surface area (Å²) in [6.45, 7) is 3.00. The van der Waals surface area contributed by atoms with Gasteiger partial charge in [0.05, 0.1) is 5.56 Å². The Morgan fingerprint density at radius 3 is 2.74 bits per heavy atom. The first kappa shape index (κ1) is 13.5. The molecule has 0 radical (unpaired) electrons. The molecule has 5 heteroatoms. The van der Waals surface area contributed by atoms with Crippen molar-refractivity contribution in [3.05, 3.63) is 29.6 Å². The molecule has 0 N–H and O–H groups in total. The van der Waals surface area contributed by atoms with Gasteiger partial charge in [-0.3, -0.25) is 9.59 Å². The van der Waals surface area contributed by atoms with Crippen molar-refractivity contribution in [1.29, 1.82) is 0 Å². The molecule has 1 heterocycles. The third-order valence-electron chi connectivity index (χ3n) is 3.18. The largest absolute Gasteiger partial charge is 0.477 e. The molecule has 1 atom stereocenters. The summed E-state index contributed by atoms with van der Waals surface area (Å²) in [6.07, 6.45) is 1.69. The second kappa shape index (κ2) is 5.82. The molecule has 0 aromatic heterocycles. The fourth-order valence-corrected chi connectivity index (χ4v) is 2.16. The molecule has 1 aliphatic rings. The first-order valence-electron chi connectivity index (χ1n) is 6.32. The third-order valence-corrected chi connectivity index (χ3v) is 3.18. The number of hydrogen-bond acceptors (Lipinski definition) is 3. The van der Waals surface area contributed by atoms with Gasteiger partial charge in [0.25, 0.3) is 5.91 Å². The van der Waals surface area contributed by atoms with Gasteiger partial charge in [-0.25, -0.2) is 4.39 Å². The van der Waals surface area contributed by atoms with E-state index >= 15 is 0 Å². The third kappa shape index (κ3) is 2.92. The zero-order valence-corrected chi connectivity index (χ0v) is 10.8. The fraction of sp³-hybridized carbons (Fsp3) is 0.429. The first-order valence-corrected chi connectivity index (χ1v) is 6.32. The van der Waals surface area contributed by atoms with Crippen LogP contribution in [0.4, 0.5) is 4.39 Å². The van der Waals surface area contributed by atoms with Gasteiger partial charge in [-0.2, -0.15) is 0 Å². The van der Waals surface area contributed by atoms with Crippen LogP contribution in [0.2, 0.25) is 0 Å². The van der Waals surface area contributed by atoms with E-state index in [4.69, 9.17) is 4.74 Å². The van der Waals surface area contributed by atoms with Crippen LogP contribution in [0.3, 0.4) is 0 Å². The SMILES string of the molecule is CC(Oc1c(F)cccc1C=O)C(=O)N1CCCC1. The molecule has 0 spiro atoms. The van der Waals surface area contributed by atoms with E-state index in [0.29, 0.717) is 19.4 Å². The highest BCUT2D eigenvalue weighted by Gasteiger charge is 2.25. The smallest absolute Gasteiger partial charge is 0.263 e. The molecule has 1 amide bonds. The van der Waals surface area contributed by atoms with Crippen molar-refractivity contribution in [2.75, 3.05) is 13.1 Å². The van der Waals surface area contributed by atoms with E-state index in [2.05, 4.69) is 0 Å². The molecule has 1 aromatic carbocycles. The van der Waals surface area contributed by atoms with Crippen molar-refractivity contribution in [2.45, 2.75) is 25.9 Å². The second-order valence-corrected chi connectivity index (χ2v) is 4.57. The minimum absolute atomic E-state index is 0.112. The maximum Gasteiger partial charge on any atom is 0.263 e. The number of ether oxygens (including phenoxy) is 1. The Bertz CT molecular complexity index is 484. The number of aldehydes is 1. The van der Waals surface area contributed by atoms with Crippen LogP contribution >= 0.6 is 0 Å². The molecular formula is C14H16FNO3. The van der Waals surface area contributed by atoms with Gasteiger partial charge in [-0.15, -0.1) is 0 Å². The molecule has 102 valence electrons. The van der Waals surface area contributed by atoms with E-state index in [1.165, 1.54) is 18.2 Å². The molecule has 0 bridgehead atoms. The van der Waals surface area contributed by atoms with E-state index in [9.17, 15) is 14.0 Å².